The van der Waals surface area contributed by atoms with Gasteiger partial charge in [-0.1, -0.05) is 30.3 Å². The monoisotopic (exact) mass is 272 g/mol. The van der Waals surface area contributed by atoms with Gasteiger partial charge in [-0.2, -0.15) is 0 Å². The lowest BCUT2D eigenvalue weighted by Crippen LogP contribution is -2.00. The summed E-state index contributed by atoms with van der Waals surface area (Å²) in [4.78, 5) is 11.4. The Bertz CT molecular complexity index is 645. The van der Waals surface area contributed by atoms with Crippen LogP contribution in [0.4, 0.5) is 4.39 Å². The fourth-order valence-corrected chi connectivity index (χ4v) is 1.84. The zero-order valence-electron chi connectivity index (χ0n) is 10.8. The molecule has 0 bridgehead atoms. The van der Waals surface area contributed by atoms with Gasteiger partial charge in [0.05, 0.1) is 12.7 Å². The van der Waals surface area contributed by atoms with Gasteiger partial charge in [-0.15, -0.1) is 0 Å². The second kappa shape index (κ2) is 6.02. The van der Waals surface area contributed by atoms with E-state index >= 15 is 0 Å². The first kappa shape index (κ1) is 13.8. The molecule has 0 aromatic heterocycles. The van der Waals surface area contributed by atoms with Crippen LogP contribution in [0.3, 0.4) is 0 Å². The van der Waals surface area contributed by atoms with Gasteiger partial charge in [0.15, 0.2) is 0 Å². The summed E-state index contributed by atoms with van der Waals surface area (Å²) in [6, 6.07) is 12.4. The molecule has 2 aromatic rings. The Labute approximate surface area is 115 Å². The number of methoxy groups -OCH3 is 1. The highest BCUT2D eigenvalue weighted by Crippen LogP contribution is 2.24. The number of hydrogen-bond donors (Lipinski definition) is 1. The quantitative estimate of drug-likeness (QED) is 0.685. The second-order valence-corrected chi connectivity index (χ2v) is 4.11. The Hall–Kier alpha value is -2.62. The molecule has 0 aliphatic carbocycles. The number of carboxylic acid groups (broad SMARTS) is 1. The molecule has 0 aliphatic heterocycles. The second-order valence-electron chi connectivity index (χ2n) is 4.11. The lowest BCUT2D eigenvalue weighted by Gasteiger charge is -2.07. The SMILES string of the molecule is COc1ccccc1/C=C(/C(=O)O)c1ccc(F)cc1. The summed E-state index contributed by atoms with van der Waals surface area (Å²) in [5.74, 6) is -0.911. The van der Waals surface area contributed by atoms with Crippen molar-refractivity contribution in [1.82, 2.24) is 0 Å². The number of para-hydroxylation sites is 1. The van der Waals surface area contributed by atoms with E-state index in [-0.39, 0.29) is 5.57 Å². The molecule has 0 spiro atoms. The molecule has 0 aliphatic rings. The normalized spacial score (nSPS) is 11.2. The van der Waals surface area contributed by atoms with Crippen LogP contribution in [0.25, 0.3) is 11.6 Å². The van der Waals surface area contributed by atoms with Crippen molar-refractivity contribution in [3.63, 3.8) is 0 Å². The largest absolute Gasteiger partial charge is 0.496 e. The summed E-state index contributed by atoms with van der Waals surface area (Å²) in [7, 11) is 1.52. The Morgan fingerprint density at radius 3 is 2.40 bits per heavy atom. The number of ether oxygens (including phenoxy) is 1. The van der Waals surface area contributed by atoms with Crippen molar-refractivity contribution in [3.8, 4) is 5.75 Å². The maximum absolute atomic E-state index is 12.9. The zero-order chi connectivity index (χ0) is 14.5. The fourth-order valence-electron chi connectivity index (χ4n) is 1.84. The Balaban J connectivity index is 2.50. The standard InChI is InChI=1S/C16H13FO3/c1-20-15-5-3-2-4-12(15)10-14(16(18)19)11-6-8-13(17)9-7-11/h2-10H,1H3,(H,18,19)/b14-10+. The Morgan fingerprint density at radius 2 is 1.80 bits per heavy atom. The summed E-state index contributed by atoms with van der Waals surface area (Å²) in [5.41, 5.74) is 1.16. The molecule has 0 amide bonds. The maximum Gasteiger partial charge on any atom is 0.336 e. The summed E-state index contributed by atoms with van der Waals surface area (Å²) < 4.78 is 18.1. The minimum atomic E-state index is -1.08. The lowest BCUT2D eigenvalue weighted by molar-refractivity contribution is -0.130. The highest BCUT2D eigenvalue weighted by Gasteiger charge is 2.12. The predicted octanol–water partition coefficient (Wildman–Crippen LogP) is 3.46. The van der Waals surface area contributed by atoms with Crippen LogP contribution in [0.15, 0.2) is 48.5 Å². The molecule has 0 heterocycles. The topological polar surface area (TPSA) is 46.5 Å². The Kier molecular flexibility index (Phi) is 4.15. The van der Waals surface area contributed by atoms with Crippen molar-refractivity contribution in [2.24, 2.45) is 0 Å². The van der Waals surface area contributed by atoms with Crippen molar-refractivity contribution in [1.29, 1.82) is 0 Å². The van der Waals surface area contributed by atoms with Gasteiger partial charge in [0.1, 0.15) is 11.6 Å². The van der Waals surface area contributed by atoms with Crippen molar-refractivity contribution in [2.45, 2.75) is 0 Å². The van der Waals surface area contributed by atoms with E-state index in [1.165, 1.54) is 37.5 Å². The van der Waals surface area contributed by atoms with Crippen LogP contribution in [0.2, 0.25) is 0 Å². The van der Waals surface area contributed by atoms with Crippen molar-refractivity contribution in [3.05, 3.63) is 65.5 Å². The number of benzene rings is 2. The average molecular weight is 272 g/mol. The van der Waals surface area contributed by atoms with Crippen LogP contribution in [-0.2, 0) is 4.79 Å². The lowest BCUT2D eigenvalue weighted by atomic mass is 10.0. The van der Waals surface area contributed by atoms with Crippen molar-refractivity contribution in [2.75, 3.05) is 7.11 Å². The molecule has 102 valence electrons. The molecule has 2 rings (SSSR count). The molecule has 4 heteroatoms. The van der Waals surface area contributed by atoms with E-state index in [1.54, 1.807) is 24.3 Å². The molecule has 0 radical (unpaired) electrons. The van der Waals surface area contributed by atoms with E-state index in [4.69, 9.17) is 4.74 Å². The van der Waals surface area contributed by atoms with Crippen LogP contribution >= 0.6 is 0 Å². The minimum absolute atomic E-state index is 0.0782. The number of aliphatic carboxylic acids is 1. The summed E-state index contributed by atoms with van der Waals surface area (Å²) in [6.07, 6.45) is 1.51. The van der Waals surface area contributed by atoms with Crippen LogP contribution in [0.5, 0.6) is 5.75 Å². The molecular formula is C16H13FO3. The summed E-state index contributed by atoms with van der Waals surface area (Å²) in [6.45, 7) is 0. The van der Waals surface area contributed by atoms with Gasteiger partial charge in [0.2, 0.25) is 0 Å². The minimum Gasteiger partial charge on any atom is -0.496 e. The molecule has 2 aromatic carbocycles. The maximum atomic E-state index is 12.9. The van der Waals surface area contributed by atoms with Crippen molar-refractivity contribution >= 4 is 17.6 Å². The number of carbonyl (C=O) groups is 1. The third kappa shape index (κ3) is 3.03. The first-order chi connectivity index (χ1) is 9.61. The van der Waals surface area contributed by atoms with E-state index in [9.17, 15) is 14.3 Å². The van der Waals surface area contributed by atoms with Gasteiger partial charge in [-0.25, -0.2) is 9.18 Å². The Morgan fingerprint density at radius 1 is 1.15 bits per heavy atom. The van der Waals surface area contributed by atoms with Crippen LogP contribution in [0.1, 0.15) is 11.1 Å². The van der Waals surface area contributed by atoms with E-state index < -0.39 is 11.8 Å². The molecule has 0 unspecified atom stereocenters. The smallest absolute Gasteiger partial charge is 0.336 e. The molecule has 0 atom stereocenters. The van der Waals surface area contributed by atoms with Gasteiger partial charge >= 0.3 is 5.97 Å². The molecule has 0 saturated heterocycles. The third-order valence-corrected chi connectivity index (χ3v) is 2.82. The molecule has 3 nitrogen and oxygen atoms in total. The predicted molar refractivity (Wildman–Crippen MR) is 74.9 cm³/mol. The van der Waals surface area contributed by atoms with Crippen LogP contribution < -0.4 is 4.74 Å². The number of hydrogen-bond acceptors (Lipinski definition) is 2. The summed E-state index contributed by atoms with van der Waals surface area (Å²) >= 11 is 0. The van der Waals surface area contributed by atoms with E-state index in [1.807, 2.05) is 0 Å². The fraction of sp³-hybridized carbons (Fsp3) is 0.0625. The van der Waals surface area contributed by atoms with Gasteiger partial charge in [-0.05, 0) is 29.8 Å². The number of carboxylic acids is 1. The van der Waals surface area contributed by atoms with Crippen molar-refractivity contribution < 1.29 is 19.0 Å². The first-order valence-corrected chi connectivity index (χ1v) is 5.96. The highest BCUT2D eigenvalue weighted by atomic mass is 19.1. The number of rotatable bonds is 4. The van der Waals surface area contributed by atoms with Gasteiger partial charge in [-0.3, -0.25) is 0 Å². The van der Waals surface area contributed by atoms with Gasteiger partial charge in [0.25, 0.3) is 0 Å². The zero-order valence-corrected chi connectivity index (χ0v) is 10.8. The van der Waals surface area contributed by atoms with E-state index in [0.29, 0.717) is 16.9 Å². The average Bonchev–Trinajstić information content (AvgIpc) is 2.46. The van der Waals surface area contributed by atoms with E-state index in [2.05, 4.69) is 0 Å². The van der Waals surface area contributed by atoms with Gasteiger partial charge < -0.3 is 9.84 Å². The van der Waals surface area contributed by atoms with Crippen LogP contribution in [0, 0.1) is 5.82 Å². The highest BCUT2D eigenvalue weighted by molar-refractivity contribution is 6.20. The first-order valence-electron chi connectivity index (χ1n) is 5.96. The van der Waals surface area contributed by atoms with Crippen LogP contribution in [-0.4, -0.2) is 18.2 Å². The van der Waals surface area contributed by atoms with Gasteiger partial charge in [0, 0.05) is 5.56 Å². The number of halogens is 1. The molecular weight excluding hydrogens is 259 g/mol. The van der Waals surface area contributed by atoms with E-state index in [0.717, 1.165) is 0 Å². The molecule has 1 N–H and O–H groups in total. The molecule has 20 heavy (non-hydrogen) atoms. The third-order valence-electron chi connectivity index (χ3n) is 2.82. The molecule has 0 saturated carbocycles. The molecule has 0 fully saturated rings. The summed E-state index contributed by atoms with van der Waals surface area (Å²) in [5, 5.41) is 9.32.